The van der Waals surface area contributed by atoms with Gasteiger partial charge in [-0.3, -0.25) is 4.99 Å². The molecule has 0 unspecified atom stereocenters. The van der Waals surface area contributed by atoms with Gasteiger partial charge < -0.3 is 5.73 Å². The largest absolute Gasteiger partial charge is 0.417 e. The number of nitrogens with zero attached hydrogens (tertiary/aromatic N) is 1. The fraction of sp³-hybridized carbons (Fsp3) is 0.409. The maximum absolute atomic E-state index is 13.8. The second-order valence-electron chi connectivity index (χ2n) is 6.90. The Hall–Kier alpha value is -2.30. The third-order valence-electron chi connectivity index (χ3n) is 4.41. The van der Waals surface area contributed by atoms with Crippen LogP contribution in [0.4, 0.5) is 13.2 Å². The summed E-state index contributed by atoms with van der Waals surface area (Å²) in [5, 5.41) is 0. The molecule has 1 aromatic rings. The highest BCUT2D eigenvalue weighted by Crippen LogP contribution is 2.43. The van der Waals surface area contributed by atoms with Gasteiger partial charge in [0, 0.05) is 11.3 Å². The van der Waals surface area contributed by atoms with E-state index in [0.717, 1.165) is 24.8 Å². The lowest BCUT2D eigenvalue weighted by molar-refractivity contribution is -0.137. The molecule has 0 radical (unpaired) electrons. The number of hydrogen-bond donors (Lipinski definition) is 1. The van der Waals surface area contributed by atoms with Gasteiger partial charge in [-0.15, -0.1) is 0 Å². The molecule has 0 atom stereocenters. The van der Waals surface area contributed by atoms with E-state index in [1.54, 1.807) is 38.1 Å². The van der Waals surface area contributed by atoms with Crippen LogP contribution in [-0.4, -0.2) is 12.3 Å². The minimum atomic E-state index is -4.43. The van der Waals surface area contributed by atoms with Gasteiger partial charge in [0.1, 0.15) is 0 Å². The fourth-order valence-electron chi connectivity index (χ4n) is 2.80. The molecular formula is C22H27F3N2. The van der Waals surface area contributed by atoms with Crippen molar-refractivity contribution in [3.8, 4) is 0 Å². The molecular weight excluding hydrogens is 349 g/mol. The summed E-state index contributed by atoms with van der Waals surface area (Å²) >= 11 is 0. The molecule has 0 saturated heterocycles. The molecule has 0 bridgehead atoms. The molecule has 2 N–H and O–H groups in total. The van der Waals surface area contributed by atoms with Crippen LogP contribution in [-0.2, 0) is 6.18 Å². The molecule has 0 amide bonds. The molecule has 0 heterocycles. The summed E-state index contributed by atoms with van der Waals surface area (Å²) < 4.78 is 41.3. The first kappa shape index (κ1) is 21.0. The Balaban J connectivity index is 2.55. The molecule has 1 aromatic carbocycles. The van der Waals surface area contributed by atoms with Crippen LogP contribution < -0.4 is 5.73 Å². The Kier molecular flexibility index (Phi) is 7.05. The molecule has 2 rings (SSSR count). The summed E-state index contributed by atoms with van der Waals surface area (Å²) in [6, 6.07) is 4.66. The normalized spacial score (nSPS) is 17.0. The van der Waals surface area contributed by atoms with Gasteiger partial charge in [-0.1, -0.05) is 37.3 Å². The highest BCUT2D eigenvalue weighted by molar-refractivity contribution is 6.13. The SMILES string of the molecule is CC/C=C\C=C(/C)C(=NC/C=C(\C)N)c1ccc(C2CC2)cc1C(F)(F)F. The zero-order valence-corrected chi connectivity index (χ0v) is 16.1. The third-order valence-corrected chi connectivity index (χ3v) is 4.41. The molecule has 0 aliphatic heterocycles. The molecule has 0 spiro atoms. The Morgan fingerprint density at radius 1 is 1.26 bits per heavy atom. The molecule has 1 saturated carbocycles. The average molecular weight is 376 g/mol. The van der Waals surface area contributed by atoms with Gasteiger partial charge in [-0.25, -0.2) is 0 Å². The number of allylic oxidation sites excluding steroid dienone is 5. The summed E-state index contributed by atoms with van der Waals surface area (Å²) in [4.78, 5) is 4.44. The van der Waals surface area contributed by atoms with Gasteiger partial charge in [-0.05, 0) is 62.3 Å². The maximum atomic E-state index is 13.8. The minimum absolute atomic E-state index is 0.119. The second kappa shape index (κ2) is 9.07. The first-order valence-corrected chi connectivity index (χ1v) is 9.26. The van der Waals surface area contributed by atoms with Crippen molar-refractivity contribution >= 4 is 5.71 Å². The first-order valence-electron chi connectivity index (χ1n) is 9.26. The highest BCUT2D eigenvalue weighted by atomic mass is 19.4. The number of aliphatic imine (C=N–C) groups is 1. The van der Waals surface area contributed by atoms with Crippen molar-refractivity contribution in [3.63, 3.8) is 0 Å². The molecule has 0 aromatic heterocycles. The summed E-state index contributed by atoms with van der Waals surface area (Å²) in [5.74, 6) is 0.257. The van der Waals surface area contributed by atoms with E-state index in [0.29, 0.717) is 17.0 Å². The highest BCUT2D eigenvalue weighted by Gasteiger charge is 2.36. The Morgan fingerprint density at radius 2 is 1.96 bits per heavy atom. The summed E-state index contributed by atoms with van der Waals surface area (Å²) in [6.07, 6.45) is 5.64. The van der Waals surface area contributed by atoms with E-state index in [-0.39, 0.29) is 18.0 Å². The van der Waals surface area contributed by atoms with Crippen LogP contribution >= 0.6 is 0 Å². The maximum Gasteiger partial charge on any atom is 0.417 e. The summed E-state index contributed by atoms with van der Waals surface area (Å²) in [6.45, 7) is 5.75. The van der Waals surface area contributed by atoms with Crippen LogP contribution in [0.5, 0.6) is 0 Å². The minimum Gasteiger partial charge on any atom is -0.402 e. The van der Waals surface area contributed by atoms with E-state index < -0.39 is 11.7 Å². The first-order chi connectivity index (χ1) is 12.7. The predicted molar refractivity (Wildman–Crippen MR) is 106 cm³/mol. The Morgan fingerprint density at radius 3 is 2.52 bits per heavy atom. The lowest BCUT2D eigenvalue weighted by Crippen LogP contribution is -2.15. The fourth-order valence-corrected chi connectivity index (χ4v) is 2.80. The van der Waals surface area contributed by atoms with E-state index >= 15 is 0 Å². The van der Waals surface area contributed by atoms with Crippen LogP contribution in [0.1, 0.15) is 62.6 Å². The van der Waals surface area contributed by atoms with Gasteiger partial charge in [0.2, 0.25) is 0 Å². The molecule has 1 aliphatic carbocycles. The predicted octanol–water partition coefficient (Wildman–Crippen LogP) is 6.15. The van der Waals surface area contributed by atoms with Crippen LogP contribution in [0.3, 0.4) is 0 Å². The van der Waals surface area contributed by atoms with E-state index in [2.05, 4.69) is 4.99 Å². The van der Waals surface area contributed by atoms with Gasteiger partial charge in [0.25, 0.3) is 0 Å². The van der Waals surface area contributed by atoms with Crippen molar-refractivity contribution in [2.45, 2.75) is 52.1 Å². The molecule has 2 nitrogen and oxygen atoms in total. The molecule has 146 valence electrons. The van der Waals surface area contributed by atoms with Crippen molar-refractivity contribution in [2.24, 2.45) is 10.7 Å². The zero-order chi connectivity index (χ0) is 20.0. The molecule has 5 heteroatoms. The van der Waals surface area contributed by atoms with Gasteiger partial charge >= 0.3 is 6.18 Å². The van der Waals surface area contributed by atoms with Crippen molar-refractivity contribution < 1.29 is 13.2 Å². The quantitative estimate of drug-likeness (QED) is 0.450. The van der Waals surface area contributed by atoms with Crippen LogP contribution in [0.2, 0.25) is 0 Å². The monoisotopic (exact) mass is 376 g/mol. The van der Waals surface area contributed by atoms with Crippen molar-refractivity contribution in [1.82, 2.24) is 0 Å². The number of benzene rings is 1. The summed E-state index contributed by atoms with van der Waals surface area (Å²) in [5.41, 5.74) is 7.52. The standard InChI is InChI=1S/C22H27F3N2/c1-4-5-6-7-15(2)21(27-13-12-16(3)26)19-11-10-18(17-8-9-17)14-20(19)22(23,24)25/h5-7,10-12,14,17H,4,8-9,13,26H2,1-3H3/b6-5-,15-7+,16-12+,27-21?. The van der Waals surface area contributed by atoms with Gasteiger partial charge in [0.05, 0.1) is 17.8 Å². The summed E-state index contributed by atoms with van der Waals surface area (Å²) in [7, 11) is 0. The van der Waals surface area contributed by atoms with Crippen molar-refractivity contribution in [3.05, 3.63) is 70.5 Å². The van der Waals surface area contributed by atoms with E-state index in [4.69, 9.17) is 5.73 Å². The van der Waals surface area contributed by atoms with Gasteiger partial charge in [0.15, 0.2) is 0 Å². The van der Waals surface area contributed by atoms with Gasteiger partial charge in [-0.2, -0.15) is 13.2 Å². The number of hydrogen-bond acceptors (Lipinski definition) is 2. The number of nitrogens with two attached hydrogens (primary N) is 1. The molecule has 1 fully saturated rings. The molecule has 27 heavy (non-hydrogen) atoms. The van der Waals surface area contributed by atoms with Crippen molar-refractivity contribution in [1.29, 1.82) is 0 Å². The molecule has 1 aliphatic rings. The Bertz CT molecular complexity index is 775. The van der Waals surface area contributed by atoms with E-state index in [1.165, 1.54) is 6.07 Å². The van der Waals surface area contributed by atoms with E-state index in [9.17, 15) is 13.2 Å². The third kappa shape index (κ3) is 6.12. The van der Waals surface area contributed by atoms with Crippen LogP contribution in [0, 0.1) is 0 Å². The number of alkyl halides is 3. The lowest BCUT2D eigenvalue weighted by Gasteiger charge is -2.17. The van der Waals surface area contributed by atoms with Crippen LogP contribution in [0.25, 0.3) is 0 Å². The lowest BCUT2D eigenvalue weighted by atomic mass is 9.94. The van der Waals surface area contributed by atoms with Crippen molar-refractivity contribution in [2.75, 3.05) is 6.54 Å². The number of rotatable bonds is 7. The van der Waals surface area contributed by atoms with Crippen LogP contribution in [0.15, 0.2) is 58.8 Å². The second-order valence-corrected chi connectivity index (χ2v) is 6.90. The smallest absolute Gasteiger partial charge is 0.402 e. The van der Waals surface area contributed by atoms with E-state index in [1.807, 2.05) is 19.1 Å². The number of halogens is 3. The topological polar surface area (TPSA) is 38.4 Å². The average Bonchev–Trinajstić information content (AvgIpc) is 3.42. The Labute approximate surface area is 159 Å². The zero-order valence-electron chi connectivity index (χ0n) is 16.1.